The van der Waals surface area contributed by atoms with E-state index in [1.165, 1.54) is 31.6 Å². The van der Waals surface area contributed by atoms with Crippen LogP contribution < -0.4 is 0 Å². The van der Waals surface area contributed by atoms with E-state index >= 15 is 0 Å². The predicted molar refractivity (Wildman–Crippen MR) is 51.9 cm³/mol. The van der Waals surface area contributed by atoms with Crippen molar-refractivity contribution in [2.75, 3.05) is 13.3 Å². The van der Waals surface area contributed by atoms with Crippen molar-refractivity contribution in [2.45, 2.75) is 5.03 Å². The zero-order chi connectivity index (χ0) is 10.8. The van der Waals surface area contributed by atoms with Crippen molar-refractivity contribution in [3.63, 3.8) is 0 Å². The van der Waals surface area contributed by atoms with Crippen molar-refractivity contribution in [3.05, 3.63) is 23.9 Å². The quantitative estimate of drug-likeness (QED) is 0.792. The van der Waals surface area contributed by atoms with Gasteiger partial charge >= 0.3 is 5.97 Å². The summed E-state index contributed by atoms with van der Waals surface area (Å²) in [6, 6.07) is 2.84. The van der Waals surface area contributed by atoms with Crippen LogP contribution >= 0.6 is 0 Å². The van der Waals surface area contributed by atoms with Crippen LogP contribution in [0.5, 0.6) is 0 Å². The Morgan fingerprint density at radius 3 is 2.79 bits per heavy atom. The van der Waals surface area contributed by atoms with E-state index in [0.29, 0.717) is 0 Å². The molecule has 0 aromatic carbocycles. The second-order valence-corrected chi connectivity index (χ2v) is 5.00. The van der Waals surface area contributed by atoms with Gasteiger partial charge in [-0.2, -0.15) is 0 Å². The van der Waals surface area contributed by atoms with Gasteiger partial charge in [-0.1, -0.05) is 0 Å². The number of nitrogens with zero attached hydrogens (tertiary/aromatic N) is 2. The minimum absolute atomic E-state index is 0.0231. The Morgan fingerprint density at radius 1 is 1.64 bits per heavy atom. The summed E-state index contributed by atoms with van der Waals surface area (Å²) in [6.07, 6.45) is 2.76. The summed E-state index contributed by atoms with van der Waals surface area (Å²) in [5.41, 5.74) is -0.0643. The average molecular weight is 214 g/mol. The molecule has 1 heterocycles. The molecule has 0 bridgehead atoms. The minimum Gasteiger partial charge on any atom is -0.478 e. The van der Waals surface area contributed by atoms with E-state index < -0.39 is 15.7 Å². The lowest BCUT2D eigenvalue weighted by molar-refractivity contribution is 0.0692. The first kappa shape index (κ1) is 10.6. The molecule has 0 spiro atoms. The Hall–Kier alpha value is -1.43. The van der Waals surface area contributed by atoms with Crippen LogP contribution in [0.3, 0.4) is 0 Å². The van der Waals surface area contributed by atoms with E-state index in [2.05, 4.69) is 9.35 Å². The monoisotopic (exact) mass is 214 g/mol. The first-order valence-corrected chi connectivity index (χ1v) is 5.70. The van der Waals surface area contributed by atoms with Gasteiger partial charge in [-0.3, -0.25) is 0 Å². The number of carboxylic acids is 1. The third-order valence-electron chi connectivity index (χ3n) is 1.71. The van der Waals surface area contributed by atoms with Gasteiger partial charge in [0.1, 0.15) is 5.03 Å². The molecule has 1 aromatic heterocycles. The first-order chi connectivity index (χ1) is 6.49. The van der Waals surface area contributed by atoms with Crippen LogP contribution in [0.25, 0.3) is 0 Å². The van der Waals surface area contributed by atoms with Crippen molar-refractivity contribution in [3.8, 4) is 0 Å². The van der Waals surface area contributed by atoms with Gasteiger partial charge in [0, 0.05) is 19.5 Å². The zero-order valence-corrected chi connectivity index (χ0v) is 8.61. The SMILES string of the molecule is CN=[S@@](C)(=O)c1ncccc1C(=O)O. The number of carbonyl (C=O) groups is 1. The van der Waals surface area contributed by atoms with Gasteiger partial charge < -0.3 is 5.11 Å². The van der Waals surface area contributed by atoms with E-state index in [0.717, 1.165) is 0 Å². The molecule has 0 aliphatic rings. The van der Waals surface area contributed by atoms with Gasteiger partial charge in [0.25, 0.3) is 0 Å². The molecule has 0 unspecified atom stereocenters. The summed E-state index contributed by atoms with van der Waals surface area (Å²) in [5.74, 6) is -1.15. The van der Waals surface area contributed by atoms with Gasteiger partial charge in [-0.25, -0.2) is 18.4 Å². The second kappa shape index (κ2) is 3.75. The lowest BCUT2D eigenvalue weighted by atomic mass is 10.3. The Labute approximate surface area is 82.0 Å². The number of aromatic nitrogens is 1. The van der Waals surface area contributed by atoms with E-state index in [1.54, 1.807) is 0 Å². The van der Waals surface area contributed by atoms with Crippen LogP contribution in [0.4, 0.5) is 0 Å². The standard InChI is InChI=1S/C8H10N2O3S/c1-9-14(2,13)7-6(8(11)12)4-3-5-10-7/h3-5H,1-2H3,(H,11,12)/t14-/m0/s1. The molecule has 1 N–H and O–H groups in total. The van der Waals surface area contributed by atoms with Crippen molar-refractivity contribution in [2.24, 2.45) is 4.36 Å². The van der Waals surface area contributed by atoms with Gasteiger partial charge in [0.2, 0.25) is 0 Å². The molecule has 1 aromatic rings. The summed E-state index contributed by atoms with van der Waals surface area (Å²) >= 11 is 0. The highest BCUT2D eigenvalue weighted by atomic mass is 32.2. The van der Waals surface area contributed by atoms with Crippen LogP contribution in [0, 0.1) is 0 Å². The van der Waals surface area contributed by atoms with E-state index in [4.69, 9.17) is 5.11 Å². The normalized spacial score (nSPS) is 14.4. The zero-order valence-electron chi connectivity index (χ0n) is 7.80. The average Bonchev–Trinajstić information content (AvgIpc) is 2.18. The van der Waals surface area contributed by atoms with E-state index in [-0.39, 0.29) is 10.6 Å². The maximum atomic E-state index is 11.8. The number of hydrogen-bond acceptors (Lipinski definition) is 4. The third kappa shape index (κ3) is 1.90. The minimum atomic E-state index is -2.69. The van der Waals surface area contributed by atoms with Crippen molar-refractivity contribution in [1.29, 1.82) is 0 Å². The van der Waals surface area contributed by atoms with Gasteiger partial charge in [-0.05, 0) is 12.1 Å². The molecule has 0 saturated carbocycles. The van der Waals surface area contributed by atoms with Crippen molar-refractivity contribution < 1.29 is 14.1 Å². The number of pyridine rings is 1. The largest absolute Gasteiger partial charge is 0.478 e. The Bertz CT molecular complexity index is 475. The fourth-order valence-electron chi connectivity index (χ4n) is 0.942. The lowest BCUT2D eigenvalue weighted by Crippen LogP contribution is -2.09. The number of rotatable bonds is 2. The Morgan fingerprint density at radius 2 is 2.29 bits per heavy atom. The van der Waals surface area contributed by atoms with Crippen LogP contribution in [0.1, 0.15) is 10.4 Å². The molecule has 1 atom stereocenters. The Balaban J connectivity index is 3.51. The molecule has 6 heteroatoms. The van der Waals surface area contributed by atoms with Gasteiger partial charge in [-0.15, -0.1) is 0 Å². The van der Waals surface area contributed by atoms with Crippen LogP contribution in [-0.4, -0.2) is 33.6 Å². The lowest BCUT2D eigenvalue weighted by Gasteiger charge is -2.04. The summed E-state index contributed by atoms with van der Waals surface area (Å²) in [5, 5.41) is 8.84. The molecule has 0 aliphatic heterocycles. The molecule has 0 fully saturated rings. The molecule has 0 aliphatic carbocycles. The predicted octanol–water partition coefficient (Wildman–Crippen LogP) is 0.866. The van der Waals surface area contributed by atoms with Crippen molar-refractivity contribution >= 4 is 15.7 Å². The van der Waals surface area contributed by atoms with Crippen LogP contribution in [-0.2, 0) is 9.73 Å². The number of aromatic carboxylic acids is 1. The Kier molecular flexibility index (Phi) is 2.85. The highest BCUT2D eigenvalue weighted by molar-refractivity contribution is 7.92. The highest BCUT2D eigenvalue weighted by Gasteiger charge is 2.16. The topological polar surface area (TPSA) is 79.6 Å². The summed E-state index contributed by atoms with van der Waals surface area (Å²) in [6.45, 7) is 0. The molecule has 0 saturated heterocycles. The number of carboxylic acid groups (broad SMARTS) is 1. The van der Waals surface area contributed by atoms with Crippen molar-refractivity contribution in [1.82, 2.24) is 4.98 Å². The molecular weight excluding hydrogens is 204 g/mol. The maximum absolute atomic E-state index is 11.8. The molecule has 5 nitrogen and oxygen atoms in total. The molecule has 1 rings (SSSR count). The van der Waals surface area contributed by atoms with E-state index in [9.17, 15) is 9.00 Å². The van der Waals surface area contributed by atoms with Gasteiger partial charge in [0.15, 0.2) is 0 Å². The number of hydrogen-bond donors (Lipinski definition) is 1. The maximum Gasteiger partial charge on any atom is 0.338 e. The van der Waals surface area contributed by atoms with Crippen LogP contribution in [0.2, 0.25) is 0 Å². The highest BCUT2D eigenvalue weighted by Crippen LogP contribution is 2.13. The summed E-state index contributed by atoms with van der Waals surface area (Å²) in [7, 11) is -1.31. The molecule has 76 valence electrons. The summed E-state index contributed by atoms with van der Waals surface area (Å²) in [4.78, 5) is 14.6. The van der Waals surface area contributed by atoms with Crippen LogP contribution in [0.15, 0.2) is 27.7 Å². The van der Waals surface area contributed by atoms with Gasteiger partial charge in [0.05, 0.1) is 15.3 Å². The third-order valence-corrected chi connectivity index (χ3v) is 3.45. The molecule has 14 heavy (non-hydrogen) atoms. The summed E-state index contributed by atoms with van der Waals surface area (Å²) < 4.78 is 15.4. The second-order valence-electron chi connectivity index (χ2n) is 2.65. The molecule has 0 radical (unpaired) electrons. The first-order valence-electron chi connectivity index (χ1n) is 3.77. The fourth-order valence-corrected chi connectivity index (χ4v) is 1.93. The molecule has 0 amide bonds. The molecular formula is C8H10N2O3S. The smallest absolute Gasteiger partial charge is 0.338 e. The van der Waals surface area contributed by atoms with E-state index in [1.807, 2.05) is 0 Å². The fraction of sp³-hybridized carbons (Fsp3) is 0.250.